The number of hydrogen-bond donors (Lipinski definition) is 2. The molecule has 0 aromatic heterocycles. The third-order valence-electron chi connectivity index (χ3n) is 2.44. The summed E-state index contributed by atoms with van der Waals surface area (Å²) in [4.78, 5) is 2.19. The zero-order valence-electron chi connectivity index (χ0n) is 10.6. The number of phenolic OH excluding ortho intramolecular Hbond substituents is 1. The van der Waals surface area contributed by atoms with Gasteiger partial charge in [0.25, 0.3) is 0 Å². The van der Waals surface area contributed by atoms with Gasteiger partial charge in [0.2, 0.25) is 0 Å². The highest BCUT2D eigenvalue weighted by molar-refractivity contribution is 5.85. The third-order valence-corrected chi connectivity index (χ3v) is 2.44. The van der Waals surface area contributed by atoms with Gasteiger partial charge in [-0.15, -0.1) is 12.4 Å². The third kappa shape index (κ3) is 5.26. The summed E-state index contributed by atoms with van der Waals surface area (Å²) < 4.78 is 5.00. The average molecular weight is 261 g/mol. The van der Waals surface area contributed by atoms with E-state index in [1.165, 1.54) is 0 Å². The Bertz CT molecular complexity index is 334. The van der Waals surface area contributed by atoms with Crippen LogP contribution < -0.4 is 10.1 Å². The van der Waals surface area contributed by atoms with Gasteiger partial charge in [0.1, 0.15) is 0 Å². The molecule has 0 fully saturated rings. The molecule has 17 heavy (non-hydrogen) atoms. The Kier molecular flexibility index (Phi) is 7.70. The maximum absolute atomic E-state index is 9.62. The normalized spacial score (nSPS) is 10.1. The summed E-state index contributed by atoms with van der Waals surface area (Å²) in [5.41, 5.74) is 1.08. The zero-order chi connectivity index (χ0) is 12.0. The van der Waals surface area contributed by atoms with Crippen LogP contribution >= 0.6 is 12.4 Å². The van der Waals surface area contributed by atoms with Crippen molar-refractivity contribution >= 4 is 12.4 Å². The fourth-order valence-corrected chi connectivity index (χ4v) is 1.53. The van der Waals surface area contributed by atoms with Crippen molar-refractivity contribution in [2.75, 3.05) is 34.3 Å². The molecule has 0 saturated heterocycles. The second-order valence-electron chi connectivity index (χ2n) is 3.85. The fourth-order valence-electron chi connectivity index (χ4n) is 1.53. The molecule has 0 saturated carbocycles. The smallest absolute Gasteiger partial charge is 0.160 e. The van der Waals surface area contributed by atoms with Crippen molar-refractivity contribution in [3.63, 3.8) is 0 Å². The standard InChI is InChI=1S/C12H20N2O2.ClH/c1-13-6-7-14(2)9-10-4-5-12(16-3)11(15)8-10;/h4-5,8,13,15H,6-7,9H2,1-3H3;1H. The number of ether oxygens (including phenoxy) is 1. The Morgan fingerprint density at radius 3 is 2.65 bits per heavy atom. The molecule has 4 nitrogen and oxygen atoms in total. The fraction of sp³-hybridized carbons (Fsp3) is 0.500. The molecule has 0 bridgehead atoms. The molecule has 0 unspecified atom stereocenters. The van der Waals surface area contributed by atoms with E-state index in [4.69, 9.17) is 4.74 Å². The van der Waals surface area contributed by atoms with Gasteiger partial charge >= 0.3 is 0 Å². The van der Waals surface area contributed by atoms with Crippen LogP contribution in [0.2, 0.25) is 0 Å². The van der Waals surface area contributed by atoms with Crippen molar-refractivity contribution < 1.29 is 9.84 Å². The number of aromatic hydroxyl groups is 1. The van der Waals surface area contributed by atoms with E-state index in [9.17, 15) is 5.11 Å². The number of methoxy groups -OCH3 is 1. The molecule has 1 aromatic carbocycles. The Balaban J connectivity index is 0.00000256. The van der Waals surface area contributed by atoms with Gasteiger partial charge in [-0.3, -0.25) is 0 Å². The molecule has 0 aliphatic rings. The quantitative estimate of drug-likeness (QED) is 0.813. The van der Waals surface area contributed by atoms with Gasteiger partial charge in [-0.05, 0) is 31.8 Å². The lowest BCUT2D eigenvalue weighted by molar-refractivity contribution is 0.326. The predicted octanol–water partition coefficient (Wildman–Crippen LogP) is 1.47. The second-order valence-corrected chi connectivity index (χ2v) is 3.85. The number of nitrogens with one attached hydrogen (secondary N) is 1. The monoisotopic (exact) mass is 260 g/mol. The summed E-state index contributed by atoms with van der Waals surface area (Å²) in [6.45, 7) is 2.75. The van der Waals surface area contributed by atoms with E-state index in [-0.39, 0.29) is 18.2 Å². The van der Waals surface area contributed by atoms with Crippen LogP contribution in [0.4, 0.5) is 0 Å². The van der Waals surface area contributed by atoms with Crippen molar-refractivity contribution in [1.82, 2.24) is 10.2 Å². The first kappa shape index (κ1) is 16.0. The van der Waals surface area contributed by atoms with Gasteiger partial charge in [-0.25, -0.2) is 0 Å². The van der Waals surface area contributed by atoms with Gasteiger partial charge in [0.05, 0.1) is 7.11 Å². The molecule has 0 aliphatic heterocycles. The second kappa shape index (κ2) is 8.17. The average Bonchev–Trinajstić information content (AvgIpc) is 2.26. The van der Waals surface area contributed by atoms with E-state index < -0.39 is 0 Å². The van der Waals surface area contributed by atoms with Gasteiger partial charge in [0, 0.05) is 19.6 Å². The van der Waals surface area contributed by atoms with Crippen LogP contribution in [0.15, 0.2) is 18.2 Å². The van der Waals surface area contributed by atoms with Crippen LogP contribution in [0.1, 0.15) is 5.56 Å². The van der Waals surface area contributed by atoms with Gasteiger partial charge in [-0.1, -0.05) is 6.07 Å². The lowest BCUT2D eigenvalue weighted by atomic mass is 10.2. The molecule has 0 amide bonds. The first-order valence-corrected chi connectivity index (χ1v) is 5.36. The van der Waals surface area contributed by atoms with Crippen LogP contribution in [0.3, 0.4) is 0 Å². The Morgan fingerprint density at radius 1 is 1.41 bits per heavy atom. The highest BCUT2D eigenvalue weighted by Gasteiger charge is 2.04. The highest BCUT2D eigenvalue weighted by atomic mass is 35.5. The molecule has 0 spiro atoms. The van der Waals surface area contributed by atoms with E-state index >= 15 is 0 Å². The number of likely N-dealkylation sites (N-methyl/N-ethyl adjacent to an activating group) is 2. The molecular weight excluding hydrogens is 240 g/mol. The van der Waals surface area contributed by atoms with E-state index in [1.807, 2.05) is 13.1 Å². The number of halogens is 1. The number of nitrogens with zero attached hydrogens (tertiary/aromatic N) is 1. The molecule has 0 radical (unpaired) electrons. The minimum atomic E-state index is 0. The van der Waals surface area contributed by atoms with E-state index in [0.29, 0.717) is 5.75 Å². The highest BCUT2D eigenvalue weighted by Crippen LogP contribution is 2.26. The molecule has 1 aromatic rings. The summed E-state index contributed by atoms with van der Waals surface area (Å²) >= 11 is 0. The largest absolute Gasteiger partial charge is 0.504 e. The zero-order valence-corrected chi connectivity index (χ0v) is 11.4. The van der Waals surface area contributed by atoms with Crippen LogP contribution in [0.25, 0.3) is 0 Å². The molecule has 0 atom stereocenters. The number of rotatable bonds is 6. The molecule has 0 aliphatic carbocycles. The van der Waals surface area contributed by atoms with E-state index in [1.54, 1.807) is 19.2 Å². The van der Waals surface area contributed by atoms with E-state index in [2.05, 4.69) is 17.3 Å². The summed E-state index contributed by atoms with van der Waals surface area (Å²) in [5, 5.41) is 12.7. The lowest BCUT2D eigenvalue weighted by Gasteiger charge is -2.16. The van der Waals surface area contributed by atoms with Crippen LogP contribution in [0, 0.1) is 0 Å². The summed E-state index contributed by atoms with van der Waals surface area (Å²) in [5.74, 6) is 0.712. The SMILES string of the molecule is CNCCN(C)Cc1ccc(OC)c(O)c1.Cl. The summed E-state index contributed by atoms with van der Waals surface area (Å²) in [6.07, 6.45) is 0. The van der Waals surface area contributed by atoms with Crippen molar-refractivity contribution in [3.8, 4) is 11.5 Å². The predicted molar refractivity (Wildman–Crippen MR) is 72.2 cm³/mol. The lowest BCUT2D eigenvalue weighted by Crippen LogP contribution is -2.26. The molecule has 98 valence electrons. The maximum Gasteiger partial charge on any atom is 0.160 e. The molecule has 0 heterocycles. The minimum absolute atomic E-state index is 0. The van der Waals surface area contributed by atoms with Crippen molar-refractivity contribution in [2.45, 2.75) is 6.54 Å². The Hall–Kier alpha value is -0.970. The number of phenols is 1. The van der Waals surface area contributed by atoms with Crippen LogP contribution in [-0.4, -0.2) is 44.3 Å². The van der Waals surface area contributed by atoms with Crippen molar-refractivity contribution in [1.29, 1.82) is 0 Å². The summed E-state index contributed by atoms with van der Waals surface area (Å²) in [7, 11) is 5.54. The van der Waals surface area contributed by atoms with Gasteiger partial charge in [-0.2, -0.15) is 0 Å². The first-order chi connectivity index (χ1) is 7.67. The Morgan fingerprint density at radius 2 is 2.12 bits per heavy atom. The summed E-state index contributed by atoms with van der Waals surface area (Å²) in [6, 6.07) is 5.50. The molecule has 1 rings (SSSR count). The van der Waals surface area contributed by atoms with Crippen LogP contribution in [0.5, 0.6) is 11.5 Å². The molecule has 2 N–H and O–H groups in total. The topological polar surface area (TPSA) is 44.7 Å². The number of hydrogen-bond acceptors (Lipinski definition) is 4. The van der Waals surface area contributed by atoms with E-state index in [0.717, 1.165) is 25.2 Å². The van der Waals surface area contributed by atoms with Crippen LogP contribution in [-0.2, 0) is 6.54 Å². The van der Waals surface area contributed by atoms with Crippen molar-refractivity contribution in [3.05, 3.63) is 23.8 Å². The first-order valence-electron chi connectivity index (χ1n) is 5.36. The Labute approximate surface area is 109 Å². The molecular formula is C12H21ClN2O2. The van der Waals surface area contributed by atoms with Crippen molar-refractivity contribution in [2.24, 2.45) is 0 Å². The molecule has 5 heteroatoms. The van der Waals surface area contributed by atoms with Gasteiger partial charge < -0.3 is 20.1 Å². The number of benzene rings is 1. The minimum Gasteiger partial charge on any atom is -0.504 e. The maximum atomic E-state index is 9.62. The van der Waals surface area contributed by atoms with Gasteiger partial charge in [0.15, 0.2) is 11.5 Å².